The molecule has 1 aliphatic rings. The summed E-state index contributed by atoms with van der Waals surface area (Å²) in [7, 11) is 0. The topological polar surface area (TPSA) is 70.2 Å². The fourth-order valence-corrected chi connectivity index (χ4v) is 2.23. The number of nitrogens with one attached hydrogen (secondary N) is 3. The molecular formula is C14H18ClN3O2. The van der Waals surface area contributed by atoms with Crippen LogP contribution < -0.4 is 16.0 Å². The summed E-state index contributed by atoms with van der Waals surface area (Å²) in [6.07, 6.45) is 2.97. The molecule has 1 aromatic rings. The molecule has 0 bridgehead atoms. The van der Waals surface area contributed by atoms with Gasteiger partial charge in [-0.1, -0.05) is 18.0 Å². The normalized spacial score (nSPS) is 18.4. The predicted octanol–water partition coefficient (Wildman–Crippen LogP) is 1.54. The lowest BCUT2D eigenvalue weighted by Crippen LogP contribution is -2.48. The van der Waals surface area contributed by atoms with Crippen LogP contribution in [0.25, 0.3) is 0 Å². The highest BCUT2D eigenvalue weighted by molar-refractivity contribution is 6.30. The van der Waals surface area contributed by atoms with Crippen LogP contribution >= 0.6 is 11.6 Å². The highest BCUT2D eigenvalue weighted by Gasteiger charge is 2.20. The number of amides is 2. The predicted molar refractivity (Wildman–Crippen MR) is 78.7 cm³/mol. The van der Waals surface area contributed by atoms with Gasteiger partial charge in [-0.15, -0.1) is 0 Å². The molecule has 0 aliphatic carbocycles. The summed E-state index contributed by atoms with van der Waals surface area (Å²) in [5, 5.41) is 9.09. The van der Waals surface area contributed by atoms with Gasteiger partial charge < -0.3 is 16.0 Å². The molecule has 2 rings (SSSR count). The second kappa shape index (κ2) is 7.26. The van der Waals surface area contributed by atoms with Gasteiger partial charge in [-0.25, -0.2) is 0 Å². The van der Waals surface area contributed by atoms with Crippen molar-refractivity contribution in [1.82, 2.24) is 10.6 Å². The van der Waals surface area contributed by atoms with E-state index in [1.54, 1.807) is 24.3 Å². The Kier molecular flexibility index (Phi) is 5.38. The van der Waals surface area contributed by atoms with E-state index in [9.17, 15) is 9.59 Å². The standard InChI is InChI=1S/C14H18ClN3O2/c15-10-4-6-11(7-5-10)18-13(19)9-17-14(20)12-3-1-2-8-16-12/h4-7,12,16H,1-3,8-9H2,(H,17,20)(H,18,19). The molecule has 0 saturated carbocycles. The Labute approximate surface area is 123 Å². The molecule has 1 unspecified atom stereocenters. The molecule has 6 heteroatoms. The Balaban J connectivity index is 1.74. The van der Waals surface area contributed by atoms with Crippen molar-refractivity contribution in [2.45, 2.75) is 25.3 Å². The summed E-state index contributed by atoms with van der Waals surface area (Å²) in [4.78, 5) is 23.5. The third-order valence-corrected chi connectivity index (χ3v) is 3.43. The molecule has 0 spiro atoms. The molecule has 1 saturated heterocycles. The number of carbonyl (C=O) groups excluding carboxylic acids is 2. The van der Waals surface area contributed by atoms with Crippen LogP contribution in [0.5, 0.6) is 0 Å². The molecule has 5 nitrogen and oxygen atoms in total. The highest BCUT2D eigenvalue weighted by Crippen LogP contribution is 2.13. The minimum atomic E-state index is -0.253. The molecule has 3 N–H and O–H groups in total. The Bertz CT molecular complexity index is 470. The summed E-state index contributed by atoms with van der Waals surface area (Å²) >= 11 is 5.76. The van der Waals surface area contributed by atoms with Crippen LogP contribution in [-0.4, -0.2) is 30.9 Å². The van der Waals surface area contributed by atoms with E-state index in [2.05, 4.69) is 16.0 Å². The first-order valence-corrected chi connectivity index (χ1v) is 7.09. The maximum absolute atomic E-state index is 11.8. The maximum Gasteiger partial charge on any atom is 0.243 e. The minimum absolute atomic E-state index is 0.0281. The fraction of sp³-hybridized carbons (Fsp3) is 0.429. The molecule has 1 aromatic carbocycles. The maximum atomic E-state index is 11.8. The highest BCUT2D eigenvalue weighted by atomic mass is 35.5. The third kappa shape index (κ3) is 4.51. The first-order chi connectivity index (χ1) is 9.65. The first-order valence-electron chi connectivity index (χ1n) is 6.71. The minimum Gasteiger partial charge on any atom is -0.346 e. The molecule has 1 heterocycles. The van der Waals surface area contributed by atoms with E-state index in [4.69, 9.17) is 11.6 Å². The summed E-state index contributed by atoms with van der Waals surface area (Å²) in [5.41, 5.74) is 0.657. The van der Waals surface area contributed by atoms with E-state index in [0.717, 1.165) is 25.8 Å². The first kappa shape index (κ1) is 14.8. The van der Waals surface area contributed by atoms with Crippen molar-refractivity contribution in [1.29, 1.82) is 0 Å². The van der Waals surface area contributed by atoms with Gasteiger partial charge in [-0.05, 0) is 43.7 Å². The van der Waals surface area contributed by atoms with Crippen LogP contribution in [0.3, 0.4) is 0 Å². The average molecular weight is 296 g/mol. The third-order valence-electron chi connectivity index (χ3n) is 3.18. The number of hydrogen-bond donors (Lipinski definition) is 3. The smallest absolute Gasteiger partial charge is 0.243 e. The van der Waals surface area contributed by atoms with E-state index in [0.29, 0.717) is 10.7 Å². The van der Waals surface area contributed by atoms with E-state index in [1.807, 2.05) is 0 Å². The number of anilines is 1. The Morgan fingerprint density at radius 2 is 2.00 bits per heavy atom. The lowest BCUT2D eigenvalue weighted by atomic mass is 10.0. The van der Waals surface area contributed by atoms with Crippen molar-refractivity contribution >= 4 is 29.1 Å². The molecule has 0 radical (unpaired) electrons. The molecule has 0 aromatic heterocycles. The second-order valence-electron chi connectivity index (χ2n) is 4.78. The number of hydrogen-bond acceptors (Lipinski definition) is 3. The van der Waals surface area contributed by atoms with Crippen molar-refractivity contribution in [3.05, 3.63) is 29.3 Å². The van der Waals surface area contributed by atoms with E-state index >= 15 is 0 Å². The Morgan fingerprint density at radius 3 is 2.65 bits per heavy atom. The van der Waals surface area contributed by atoms with Gasteiger partial charge in [0.2, 0.25) is 11.8 Å². The number of carbonyl (C=O) groups is 2. The van der Waals surface area contributed by atoms with E-state index in [-0.39, 0.29) is 24.4 Å². The SMILES string of the molecule is O=C(CNC(=O)C1CCCCN1)Nc1ccc(Cl)cc1. The van der Waals surface area contributed by atoms with Crippen molar-refractivity contribution in [2.75, 3.05) is 18.4 Å². The van der Waals surface area contributed by atoms with Gasteiger partial charge in [0.1, 0.15) is 0 Å². The second-order valence-corrected chi connectivity index (χ2v) is 5.21. The van der Waals surface area contributed by atoms with Crippen LogP contribution in [0.4, 0.5) is 5.69 Å². The zero-order chi connectivity index (χ0) is 14.4. The lowest BCUT2D eigenvalue weighted by molar-refractivity contribution is -0.126. The summed E-state index contributed by atoms with van der Waals surface area (Å²) < 4.78 is 0. The van der Waals surface area contributed by atoms with E-state index < -0.39 is 0 Å². The summed E-state index contributed by atoms with van der Waals surface area (Å²) in [6, 6.07) is 6.64. The molecule has 108 valence electrons. The van der Waals surface area contributed by atoms with Crippen LogP contribution in [0, 0.1) is 0 Å². The zero-order valence-corrected chi connectivity index (χ0v) is 11.9. The number of benzene rings is 1. The van der Waals surface area contributed by atoms with Gasteiger partial charge in [0.05, 0.1) is 12.6 Å². The van der Waals surface area contributed by atoms with Crippen LogP contribution in [0.2, 0.25) is 5.02 Å². The van der Waals surface area contributed by atoms with Crippen LogP contribution in [-0.2, 0) is 9.59 Å². The largest absolute Gasteiger partial charge is 0.346 e. The van der Waals surface area contributed by atoms with Crippen molar-refractivity contribution in [3.8, 4) is 0 Å². The van der Waals surface area contributed by atoms with Crippen molar-refractivity contribution in [2.24, 2.45) is 0 Å². The van der Waals surface area contributed by atoms with Gasteiger partial charge in [-0.3, -0.25) is 9.59 Å². The number of piperidine rings is 1. The molecule has 1 aliphatic heterocycles. The quantitative estimate of drug-likeness (QED) is 0.789. The van der Waals surface area contributed by atoms with Gasteiger partial charge in [0.15, 0.2) is 0 Å². The molecule has 1 atom stereocenters. The monoisotopic (exact) mass is 295 g/mol. The zero-order valence-electron chi connectivity index (χ0n) is 11.1. The van der Waals surface area contributed by atoms with Crippen molar-refractivity contribution < 1.29 is 9.59 Å². The van der Waals surface area contributed by atoms with Gasteiger partial charge in [-0.2, -0.15) is 0 Å². The number of rotatable bonds is 4. The Hall–Kier alpha value is -1.59. The van der Waals surface area contributed by atoms with Gasteiger partial charge in [0, 0.05) is 10.7 Å². The fourth-order valence-electron chi connectivity index (χ4n) is 2.10. The van der Waals surface area contributed by atoms with Crippen LogP contribution in [0.1, 0.15) is 19.3 Å². The van der Waals surface area contributed by atoms with Gasteiger partial charge in [0.25, 0.3) is 0 Å². The van der Waals surface area contributed by atoms with Crippen LogP contribution in [0.15, 0.2) is 24.3 Å². The molecule has 1 fully saturated rings. The molecule has 20 heavy (non-hydrogen) atoms. The molecule has 2 amide bonds. The van der Waals surface area contributed by atoms with Gasteiger partial charge >= 0.3 is 0 Å². The lowest BCUT2D eigenvalue weighted by Gasteiger charge is -2.22. The van der Waals surface area contributed by atoms with Crippen molar-refractivity contribution in [3.63, 3.8) is 0 Å². The summed E-state index contributed by atoms with van der Waals surface area (Å²) in [6.45, 7) is 0.828. The average Bonchev–Trinajstić information content (AvgIpc) is 2.48. The molecular weight excluding hydrogens is 278 g/mol. The van der Waals surface area contributed by atoms with E-state index in [1.165, 1.54) is 0 Å². The summed E-state index contributed by atoms with van der Waals surface area (Å²) in [5.74, 6) is -0.368. The Morgan fingerprint density at radius 1 is 1.25 bits per heavy atom. The number of halogens is 1.